The summed E-state index contributed by atoms with van der Waals surface area (Å²) in [4.78, 5) is 0. The van der Waals surface area contributed by atoms with Crippen LogP contribution in [0.2, 0.25) is 0 Å². The predicted molar refractivity (Wildman–Crippen MR) is 70.5 cm³/mol. The molecular formula is C11H23NS2. The van der Waals surface area contributed by atoms with E-state index in [1.807, 2.05) is 0 Å². The van der Waals surface area contributed by atoms with E-state index in [1.54, 1.807) is 0 Å². The van der Waals surface area contributed by atoms with Crippen LogP contribution in [0.1, 0.15) is 33.6 Å². The largest absolute Gasteiger partial charge is 0.313 e. The Bertz CT molecular complexity index is 146. The van der Waals surface area contributed by atoms with Crippen molar-refractivity contribution in [3.05, 3.63) is 0 Å². The highest BCUT2D eigenvalue weighted by Crippen LogP contribution is 2.34. The summed E-state index contributed by atoms with van der Waals surface area (Å²) in [6.07, 6.45) is 2.63. The van der Waals surface area contributed by atoms with E-state index in [0.717, 1.165) is 23.1 Å². The lowest BCUT2D eigenvalue weighted by Crippen LogP contribution is -2.44. The minimum Gasteiger partial charge on any atom is -0.313 e. The van der Waals surface area contributed by atoms with Crippen LogP contribution in [0.4, 0.5) is 0 Å². The number of rotatable bonds is 5. The fraction of sp³-hybridized carbons (Fsp3) is 1.00. The highest BCUT2D eigenvalue weighted by molar-refractivity contribution is 8.07. The Morgan fingerprint density at radius 2 is 2.00 bits per heavy atom. The zero-order valence-corrected chi connectivity index (χ0v) is 11.2. The molecule has 0 amide bonds. The molecule has 0 bridgehead atoms. The maximum absolute atomic E-state index is 3.65. The van der Waals surface area contributed by atoms with Crippen LogP contribution in [-0.2, 0) is 0 Å². The van der Waals surface area contributed by atoms with E-state index in [0.29, 0.717) is 0 Å². The van der Waals surface area contributed by atoms with Crippen LogP contribution in [0.25, 0.3) is 0 Å². The molecule has 0 aromatic rings. The molecule has 0 spiro atoms. The Kier molecular flexibility index (Phi) is 6.38. The molecule has 3 unspecified atom stereocenters. The van der Waals surface area contributed by atoms with Crippen molar-refractivity contribution in [3.63, 3.8) is 0 Å². The molecule has 0 saturated carbocycles. The average molecular weight is 233 g/mol. The quantitative estimate of drug-likeness (QED) is 0.784. The lowest BCUT2D eigenvalue weighted by atomic mass is 10.1. The second-order valence-corrected chi connectivity index (χ2v) is 6.64. The van der Waals surface area contributed by atoms with E-state index in [4.69, 9.17) is 0 Å². The molecular weight excluding hydrogens is 210 g/mol. The highest BCUT2D eigenvalue weighted by atomic mass is 32.2. The molecule has 0 aliphatic carbocycles. The Morgan fingerprint density at radius 1 is 1.29 bits per heavy atom. The van der Waals surface area contributed by atoms with E-state index >= 15 is 0 Å². The minimum atomic E-state index is 0.734. The molecule has 1 nitrogen and oxygen atoms in total. The van der Waals surface area contributed by atoms with Gasteiger partial charge in [-0.25, -0.2) is 0 Å². The molecule has 1 N–H and O–H groups in total. The van der Waals surface area contributed by atoms with Gasteiger partial charge in [-0.1, -0.05) is 27.2 Å². The van der Waals surface area contributed by atoms with E-state index in [9.17, 15) is 0 Å². The third-order valence-electron chi connectivity index (χ3n) is 2.70. The molecule has 3 atom stereocenters. The predicted octanol–water partition coefficient (Wildman–Crippen LogP) is 3.00. The summed E-state index contributed by atoms with van der Waals surface area (Å²) in [6, 6.07) is 0.734. The van der Waals surface area contributed by atoms with Crippen LogP contribution in [0.15, 0.2) is 0 Å². The van der Waals surface area contributed by atoms with E-state index in [1.165, 1.54) is 24.3 Å². The highest BCUT2D eigenvalue weighted by Gasteiger charge is 2.28. The van der Waals surface area contributed by atoms with Gasteiger partial charge < -0.3 is 5.32 Å². The summed E-state index contributed by atoms with van der Waals surface area (Å²) in [5.41, 5.74) is 0. The standard InChI is InChI=1S/C11H23NS2/c1-4-6-10(12-5-2)11-9(3)13-7-8-14-11/h9-12H,4-8H2,1-3H3. The average Bonchev–Trinajstić information content (AvgIpc) is 2.18. The van der Waals surface area contributed by atoms with E-state index < -0.39 is 0 Å². The van der Waals surface area contributed by atoms with Gasteiger partial charge in [0.2, 0.25) is 0 Å². The van der Waals surface area contributed by atoms with Crippen molar-refractivity contribution in [2.75, 3.05) is 18.1 Å². The third kappa shape index (κ3) is 3.67. The van der Waals surface area contributed by atoms with Crippen LogP contribution in [0.3, 0.4) is 0 Å². The zero-order valence-electron chi connectivity index (χ0n) is 9.58. The zero-order chi connectivity index (χ0) is 10.4. The molecule has 1 fully saturated rings. The normalized spacial score (nSPS) is 30.2. The first-order valence-corrected chi connectivity index (χ1v) is 7.85. The smallest absolute Gasteiger partial charge is 0.0317 e. The second kappa shape index (κ2) is 7.02. The summed E-state index contributed by atoms with van der Waals surface area (Å²) in [6.45, 7) is 8.00. The van der Waals surface area contributed by atoms with Crippen molar-refractivity contribution >= 4 is 23.5 Å². The number of nitrogens with one attached hydrogen (secondary N) is 1. The molecule has 1 heterocycles. The molecule has 0 aromatic heterocycles. The third-order valence-corrected chi connectivity index (χ3v) is 5.95. The second-order valence-electron chi connectivity index (χ2n) is 3.86. The number of hydrogen-bond donors (Lipinski definition) is 1. The Hall–Kier alpha value is 0.660. The minimum absolute atomic E-state index is 0.734. The van der Waals surface area contributed by atoms with Crippen molar-refractivity contribution < 1.29 is 0 Å². The Balaban J connectivity index is 2.46. The van der Waals surface area contributed by atoms with Gasteiger partial charge in [0.15, 0.2) is 0 Å². The van der Waals surface area contributed by atoms with Gasteiger partial charge in [0.1, 0.15) is 0 Å². The van der Waals surface area contributed by atoms with Crippen LogP contribution in [0, 0.1) is 0 Å². The fourth-order valence-electron chi connectivity index (χ4n) is 2.05. The van der Waals surface area contributed by atoms with Crippen molar-refractivity contribution in [2.45, 2.75) is 50.2 Å². The van der Waals surface area contributed by atoms with Gasteiger partial charge in [-0.2, -0.15) is 23.5 Å². The Morgan fingerprint density at radius 3 is 2.57 bits per heavy atom. The van der Waals surface area contributed by atoms with Crippen molar-refractivity contribution in [2.24, 2.45) is 0 Å². The van der Waals surface area contributed by atoms with E-state index in [2.05, 4.69) is 49.6 Å². The molecule has 1 aliphatic heterocycles. The molecule has 1 aliphatic rings. The molecule has 0 radical (unpaired) electrons. The van der Waals surface area contributed by atoms with Crippen molar-refractivity contribution in [3.8, 4) is 0 Å². The molecule has 3 heteroatoms. The van der Waals surface area contributed by atoms with Crippen molar-refractivity contribution in [1.82, 2.24) is 5.32 Å². The van der Waals surface area contributed by atoms with Gasteiger partial charge in [-0.3, -0.25) is 0 Å². The molecule has 1 rings (SSSR count). The van der Waals surface area contributed by atoms with Crippen LogP contribution in [0.5, 0.6) is 0 Å². The lowest BCUT2D eigenvalue weighted by Gasteiger charge is -2.34. The van der Waals surface area contributed by atoms with Gasteiger partial charge in [0.05, 0.1) is 0 Å². The first-order chi connectivity index (χ1) is 6.79. The summed E-state index contributed by atoms with van der Waals surface area (Å²) in [7, 11) is 0. The van der Waals surface area contributed by atoms with Gasteiger partial charge in [-0.05, 0) is 13.0 Å². The number of hydrogen-bond acceptors (Lipinski definition) is 3. The summed E-state index contributed by atoms with van der Waals surface area (Å²) < 4.78 is 0. The van der Waals surface area contributed by atoms with Gasteiger partial charge in [0.25, 0.3) is 0 Å². The summed E-state index contributed by atoms with van der Waals surface area (Å²) in [5, 5.41) is 5.30. The summed E-state index contributed by atoms with van der Waals surface area (Å²) >= 11 is 4.32. The SMILES string of the molecule is CCCC(NCC)C1SCCSC1C. The van der Waals surface area contributed by atoms with Crippen LogP contribution < -0.4 is 5.32 Å². The monoisotopic (exact) mass is 233 g/mol. The lowest BCUT2D eigenvalue weighted by molar-refractivity contribution is 0.469. The van der Waals surface area contributed by atoms with Gasteiger partial charge in [0, 0.05) is 28.0 Å². The van der Waals surface area contributed by atoms with Crippen molar-refractivity contribution in [1.29, 1.82) is 0 Å². The molecule has 0 aromatic carbocycles. The van der Waals surface area contributed by atoms with E-state index in [-0.39, 0.29) is 0 Å². The molecule has 84 valence electrons. The van der Waals surface area contributed by atoms with Crippen LogP contribution >= 0.6 is 23.5 Å². The molecule has 14 heavy (non-hydrogen) atoms. The van der Waals surface area contributed by atoms with Crippen LogP contribution in [-0.4, -0.2) is 34.6 Å². The topological polar surface area (TPSA) is 12.0 Å². The van der Waals surface area contributed by atoms with Gasteiger partial charge >= 0.3 is 0 Å². The maximum atomic E-state index is 3.65. The molecule has 1 saturated heterocycles. The number of thioether (sulfide) groups is 2. The maximum Gasteiger partial charge on any atom is 0.0317 e. The van der Waals surface area contributed by atoms with Gasteiger partial charge in [-0.15, -0.1) is 0 Å². The fourth-order valence-corrected chi connectivity index (χ4v) is 5.05. The first kappa shape index (κ1) is 12.7. The summed E-state index contributed by atoms with van der Waals surface area (Å²) in [5.74, 6) is 2.68. The first-order valence-electron chi connectivity index (χ1n) is 5.76. The Labute approximate surface area is 97.2 Å².